The molecule has 4 rings (SSSR count). The van der Waals surface area contributed by atoms with Gasteiger partial charge in [0.1, 0.15) is 5.75 Å². The highest BCUT2D eigenvalue weighted by Crippen LogP contribution is 2.32. The molecule has 0 amide bonds. The molecule has 37 heavy (non-hydrogen) atoms. The number of ketones is 1. The van der Waals surface area contributed by atoms with Gasteiger partial charge in [0.25, 0.3) is 0 Å². The minimum absolute atomic E-state index is 0.0196. The number of carbonyl (C=O) groups excluding carboxylic acids is 1. The monoisotopic (exact) mass is 499 g/mol. The molecule has 0 spiro atoms. The van der Waals surface area contributed by atoms with E-state index in [1.54, 1.807) is 38.1 Å². The second-order valence-corrected chi connectivity index (χ2v) is 9.59. The van der Waals surface area contributed by atoms with Gasteiger partial charge in [-0.1, -0.05) is 92.2 Å². The van der Waals surface area contributed by atoms with Crippen LogP contribution in [0.1, 0.15) is 61.0 Å². The molecule has 0 atom stereocenters. The van der Waals surface area contributed by atoms with Crippen molar-refractivity contribution in [3.05, 3.63) is 107 Å². The molecule has 194 valence electrons. The van der Waals surface area contributed by atoms with E-state index in [0.717, 1.165) is 38.9 Å². The number of hydrogen-bond donors (Lipinski definition) is 2. The Morgan fingerprint density at radius 3 is 1.78 bits per heavy atom. The maximum absolute atomic E-state index is 12.4. The van der Waals surface area contributed by atoms with Crippen LogP contribution >= 0.6 is 0 Å². The highest BCUT2D eigenvalue weighted by atomic mass is 16.4. The second kappa shape index (κ2) is 14.1. The number of aromatic hydroxyl groups is 1. The number of carboxylic acid groups (broad SMARTS) is 1. The Morgan fingerprint density at radius 1 is 0.811 bits per heavy atom. The fourth-order valence-electron chi connectivity index (χ4n) is 4.39. The molecule has 0 radical (unpaired) electrons. The van der Waals surface area contributed by atoms with Crippen molar-refractivity contribution < 1.29 is 19.8 Å². The van der Waals surface area contributed by atoms with Gasteiger partial charge in [0.2, 0.25) is 0 Å². The molecule has 1 aliphatic rings. The van der Waals surface area contributed by atoms with E-state index in [9.17, 15) is 14.7 Å². The number of para-hydroxylation sites is 1. The third kappa shape index (κ3) is 8.43. The predicted octanol–water partition coefficient (Wildman–Crippen LogP) is 6.68. The van der Waals surface area contributed by atoms with Crippen LogP contribution in [0.4, 0.5) is 0 Å². The van der Waals surface area contributed by atoms with Crippen LogP contribution in [-0.2, 0) is 4.79 Å². The molecule has 0 unspecified atom stereocenters. The number of piperidine rings is 1. The molecule has 1 heterocycles. The van der Waals surface area contributed by atoms with Gasteiger partial charge in [-0.3, -0.25) is 9.59 Å². The summed E-state index contributed by atoms with van der Waals surface area (Å²) in [5.41, 5.74) is 5.88. The lowest BCUT2D eigenvalue weighted by molar-refractivity contribution is -0.140. The second-order valence-electron chi connectivity index (χ2n) is 9.59. The summed E-state index contributed by atoms with van der Waals surface area (Å²) in [4.78, 5) is 24.5. The summed E-state index contributed by atoms with van der Waals surface area (Å²) in [6, 6.07) is 28.2. The number of rotatable bonds is 8. The fourth-order valence-corrected chi connectivity index (χ4v) is 4.39. The lowest BCUT2D eigenvalue weighted by Gasteiger charge is -2.30. The fraction of sp³-hybridized carbons (Fsp3) is 0.312. The highest BCUT2D eigenvalue weighted by Gasteiger charge is 2.19. The van der Waals surface area contributed by atoms with E-state index in [2.05, 4.69) is 65.6 Å². The first-order valence-electron chi connectivity index (χ1n) is 13.0. The van der Waals surface area contributed by atoms with Crippen molar-refractivity contribution in [3.8, 4) is 5.75 Å². The molecule has 1 aliphatic heterocycles. The quantitative estimate of drug-likeness (QED) is 0.338. The van der Waals surface area contributed by atoms with Crippen molar-refractivity contribution in [2.24, 2.45) is 5.92 Å². The number of carbonyl (C=O) groups is 2. The van der Waals surface area contributed by atoms with E-state index in [1.807, 2.05) is 0 Å². The summed E-state index contributed by atoms with van der Waals surface area (Å²) in [6.07, 6.45) is 3.38. The molecule has 1 fully saturated rings. The summed E-state index contributed by atoms with van der Waals surface area (Å²) in [7, 11) is 0. The van der Waals surface area contributed by atoms with Gasteiger partial charge in [-0.05, 0) is 54.6 Å². The number of hydrogen-bond acceptors (Lipinski definition) is 4. The van der Waals surface area contributed by atoms with E-state index in [0.29, 0.717) is 12.0 Å². The van der Waals surface area contributed by atoms with Gasteiger partial charge in [-0.25, -0.2) is 0 Å². The number of carboxylic acids is 1. The Bertz CT molecular complexity index is 1130. The summed E-state index contributed by atoms with van der Waals surface area (Å²) in [5.74, 6) is -0.874. The number of aliphatic carboxylic acids is 1. The van der Waals surface area contributed by atoms with Gasteiger partial charge in [0.15, 0.2) is 5.78 Å². The van der Waals surface area contributed by atoms with Crippen LogP contribution in [-0.4, -0.2) is 46.5 Å². The summed E-state index contributed by atoms with van der Waals surface area (Å²) < 4.78 is 0. The molecule has 0 aromatic heterocycles. The van der Waals surface area contributed by atoms with Crippen LogP contribution in [0.25, 0.3) is 5.57 Å². The van der Waals surface area contributed by atoms with Crippen LogP contribution in [0, 0.1) is 5.92 Å². The van der Waals surface area contributed by atoms with E-state index < -0.39 is 5.97 Å². The molecule has 0 aliphatic carbocycles. The third-order valence-corrected chi connectivity index (χ3v) is 6.51. The number of Topliss-reactive ketones (excluding diaryl/α,β-unsaturated/α-hetero) is 1. The van der Waals surface area contributed by atoms with Crippen molar-refractivity contribution in [3.63, 3.8) is 0 Å². The van der Waals surface area contributed by atoms with Crippen molar-refractivity contribution in [1.82, 2.24) is 4.90 Å². The third-order valence-electron chi connectivity index (χ3n) is 6.51. The Labute approximate surface area is 220 Å². The smallest absolute Gasteiger partial charge is 0.305 e. The van der Waals surface area contributed by atoms with Crippen LogP contribution < -0.4 is 0 Å². The van der Waals surface area contributed by atoms with Gasteiger partial charge in [0, 0.05) is 19.5 Å². The maximum atomic E-state index is 12.4. The van der Waals surface area contributed by atoms with Crippen LogP contribution in [0.5, 0.6) is 5.75 Å². The molecular weight excluding hydrogens is 462 g/mol. The number of benzene rings is 3. The Hall–Kier alpha value is -3.70. The molecule has 2 N–H and O–H groups in total. The summed E-state index contributed by atoms with van der Waals surface area (Å²) >= 11 is 0. The normalized spacial score (nSPS) is 13.5. The number of likely N-dealkylation sites (tertiary alicyclic amines) is 1. The number of phenolic OH excluding ortho intramolecular Hbond substituents is 1. The van der Waals surface area contributed by atoms with E-state index in [-0.39, 0.29) is 17.5 Å². The average Bonchev–Trinajstić information content (AvgIpc) is 2.91. The van der Waals surface area contributed by atoms with Crippen molar-refractivity contribution in [2.75, 3.05) is 19.6 Å². The summed E-state index contributed by atoms with van der Waals surface area (Å²) in [5, 5.41) is 17.9. The van der Waals surface area contributed by atoms with Crippen LogP contribution in [0.15, 0.2) is 90.5 Å². The van der Waals surface area contributed by atoms with Crippen molar-refractivity contribution in [2.45, 2.75) is 39.5 Å². The van der Waals surface area contributed by atoms with E-state index >= 15 is 0 Å². The molecule has 5 heteroatoms. The minimum Gasteiger partial charge on any atom is -0.507 e. The molecule has 3 aromatic carbocycles. The molecule has 5 nitrogen and oxygen atoms in total. The van der Waals surface area contributed by atoms with Crippen LogP contribution in [0.3, 0.4) is 0 Å². The first kappa shape index (κ1) is 27.9. The van der Waals surface area contributed by atoms with Gasteiger partial charge < -0.3 is 15.1 Å². The first-order chi connectivity index (χ1) is 17.9. The van der Waals surface area contributed by atoms with Gasteiger partial charge in [-0.2, -0.15) is 0 Å². The van der Waals surface area contributed by atoms with Crippen molar-refractivity contribution in [1.29, 1.82) is 0 Å². The zero-order valence-corrected chi connectivity index (χ0v) is 21.8. The highest BCUT2D eigenvalue weighted by molar-refractivity contribution is 5.98. The van der Waals surface area contributed by atoms with E-state index in [4.69, 9.17) is 5.11 Å². The molecular formula is C32H37NO4. The lowest BCUT2D eigenvalue weighted by Crippen LogP contribution is -2.32. The Kier molecular flexibility index (Phi) is 10.7. The lowest BCUT2D eigenvalue weighted by atomic mass is 9.88. The zero-order chi connectivity index (χ0) is 26.6. The molecule has 3 aromatic rings. The van der Waals surface area contributed by atoms with Gasteiger partial charge in [0.05, 0.1) is 11.5 Å². The maximum Gasteiger partial charge on any atom is 0.305 e. The SMILES string of the molecule is CC(C)C(=O)O.O=C(CCCN1CCC(=C(c2ccccc2)c2ccccc2)CC1)c1ccccc1O. The van der Waals surface area contributed by atoms with E-state index in [1.165, 1.54) is 22.3 Å². The summed E-state index contributed by atoms with van der Waals surface area (Å²) in [6.45, 7) is 6.23. The van der Waals surface area contributed by atoms with Crippen molar-refractivity contribution >= 4 is 17.3 Å². The largest absolute Gasteiger partial charge is 0.507 e. The predicted molar refractivity (Wildman–Crippen MR) is 149 cm³/mol. The average molecular weight is 500 g/mol. The van der Waals surface area contributed by atoms with Gasteiger partial charge >= 0.3 is 5.97 Å². The Balaban J connectivity index is 0.000000568. The molecule has 0 saturated carbocycles. The topological polar surface area (TPSA) is 77.8 Å². The minimum atomic E-state index is -0.741. The standard InChI is InChI=1S/C28H29NO2.C4H8O2/c30-26-15-8-7-14-25(26)27(31)16-9-19-29-20-17-24(18-21-29)28(22-10-3-1-4-11-22)23-12-5-2-6-13-23;1-3(2)4(5)6/h1-8,10-15,30H,9,16-21H2;3H,1-2H3,(H,5,6). The zero-order valence-electron chi connectivity index (χ0n) is 21.8. The van der Waals surface area contributed by atoms with Gasteiger partial charge in [-0.15, -0.1) is 0 Å². The number of phenols is 1. The number of nitrogens with zero attached hydrogens (tertiary/aromatic N) is 1. The molecule has 1 saturated heterocycles. The first-order valence-corrected chi connectivity index (χ1v) is 13.0. The van der Waals surface area contributed by atoms with Crippen LogP contribution in [0.2, 0.25) is 0 Å². The Morgan fingerprint density at radius 2 is 1.30 bits per heavy atom. The molecule has 0 bridgehead atoms.